The van der Waals surface area contributed by atoms with Crippen LogP contribution in [-0.2, 0) is 19.6 Å². The fraction of sp³-hybridized carbons (Fsp3) is 0.562. The van der Waals surface area contributed by atoms with E-state index >= 15 is 0 Å². The molecule has 1 heterocycles. The van der Waals surface area contributed by atoms with Crippen molar-refractivity contribution in [3.8, 4) is 0 Å². The average molecular weight is 340 g/mol. The van der Waals surface area contributed by atoms with Crippen LogP contribution in [0.3, 0.4) is 0 Å². The molecule has 0 spiro atoms. The van der Waals surface area contributed by atoms with Gasteiger partial charge in [-0.3, -0.25) is 4.79 Å². The van der Waals surface area contributed by atoms with Crippen LogP contribution in [0.1, 0.15) is 17.5 Å². The van der Waals surface area contributed by atoms with Crippen molar-refractivity contribution in [1.82, 2.24) is 4.31 Å². The van der Waals surface area contributed by atoms with Gasteiger partial charge in [0.1, 0.15) is 6.04 Å². The number of amides is 1. The monoisotopic (exact) mass is 340 g/mol. The standard InChI is InChI=1S/C16H24N2O4S/c1-11-7-6-8-14(12(11)2)17(3)16(19)15-9-13(22-4)10-18(15)23(5,20)21/h6-8,13,15H,9-10H2,1-5H3/t13-,15+/m0/s1. The summed E-state index contributed by atoms with van der Waals surface area (Å²) < 4.78 is 30.5. The quantitative estimate of drug-likeness (QED) is 0.829. The van der Waals surface area contributed by atoms with E-state index in [1.807, 2.05) is 32.0 Å². The predicted molar refractivity (Wildman–Crippen MR) is 90.1 cm³/mol. The molecule has 1 aromatic rings. The second-order valence-electron chi connectivity index (χ2n) is 6.06. The van der Waals surface area contributed by atoms with Gasteiger partial charge in [0, 0.05) is 32.8 Å². The van der Waals surface area contributed by atoms with Gasteiger partial charge in [0.05, 0.1) is 12.4 Å². The first-order chi connectivity index (χ1) is 10.7. The molecule has 7 heteroatoms. The Hall–Kier alpha value is -1.44. The largest absolute Gasteiger partial charge is 0.380 e. The molecule has 2 rings (SSSR count). The van der Waals surface area contributed by atoms with Gasteiger partial charge < -0.3 is 9.64 Å². The Labute approximate surface area is 138 Å². The number of carbonyl (C=O) groups is 1. The number of hydrogen-bond acceptors (Lipinski definition) is 4. The van der Waals surface area contributed by atoms with Crippen LogP contribution in [0.2, 0.25) is 0 Å². The molecule has 0 saturated carbocycles. The molecule has 1 aliphatic rings. The summed E-state index contributed by atoms with van der Waals surface area (Å²) in [4.78, 5) is 14.4. The van der Waals surface area contributed by atoms with Gasteiger partial charge >= 0.3 is 0 Å². The zero-order valence-electron chi connectivity index (χ0n) is 14.2. The van der Waals surface area contributed by atoms with Crippen molar-refractivity contribution < 1.29 is 17.9 Å². The number of aryl methyl sites for hydroxylation is 1. The van der Waals surface area contributed by atoms with Gasteiger partial charge in [-0.25, -0.2) is 8.42 Å². The molecule has 6 nitrogen and oxygen atoms in total. The highest BCUT2D eigenvalue weighted by atomic mass is 32.2. The molecule has 1 aromatic carbocycles. The molecule has 1 aliphatic heterocycles. The summed E-state index contributed by atoms with van der Waals surface area (Å²) in [6.07, 6.45) is 1.24. The van der Waals surface area contributed by atoms with Gasteiger partial charge in [0.25, 0.3) is 0 Å². The van der Waals surface area contributed by atoms with Crippen LogP contribution in [0, 0.1) is 13.8 Å². The van der Waals surface area contributed by atoms with Crippen molar-refractivity contribution in [3.05, 3.63) is 29.3 Å². The summed E-state index contributed by atoms with van der Waals surface area (Å²) in [7, 11) is -0.249. The van der Waals surface area contributed by atoms with E-state index in [2.05, 4.69) is 0 Å². The summed E-state index contributed by atoms with van der Waals surface area (Å²) in [5.74, 6) is -0.233. The lowest BCUT2D eigenvalue weighted by Gasteiger charge is -2.27. The van der Waals surface area contributed by atoms with Crippen LogP contribution in [0.4, 0.5) is 5.69 Å². The zero-order chi connectivity index (χ0) is 17.4. The third-order valence-corrected chi connectivity index (χ3v) is 5.79. The second kappa shape index (κ2) is 6.59. The Morgan fingerprint density at radius 2 is 2.00 bits per heavy atom. The highest BCUT2D eigenvalue weighted by Crippen LogP contribution is 2.28. The maximum Gasteiger partial charge on any atom is 0.245 e. The van der Waals surface area contributed by atoms with Crippen LogP contribution in [0.5, 0.6) is 0 Å². The minimum Gasteiger partial charge on any atom is -0.380 e. The zero-order valence-corrected chi connectivity index (χ0v) is 15.1. The number of carbonyl (C=O) groups excluding carboxylic acids is 1. The fourth-order valence-corrected chi connectivity index (χ4v) is 4.05. The Kier molecular flexibility index (Phi) is 5.13. The van der Waals surface area contributed by atoms with E-state index in [4.69, 9.17) is 4.74 Å². The van der Waals surface area contributed by atoms with Crippen molar-refractivity contribution in [2.24, 2.45) is 0 Å². The third-order valence-electron chi connectivity index (χ3n) is 4.53. The molecular weight excluding hydrogens is 316 g/mol. The van der Waals surface area contributed by atoms with Crippen molar-refractivity contribution >= 4 is 21.6 Å². The molecule has 128 valence electrons. The Bertz CT molecular complexity index is 702. The number of likely N-dealkylation sites (N-methyl/N-ethyl adjacent to an activating group) is 1. The highest BCUT2D eigenvalue weighted by Gasteiger charge is 2.43. The minimum absolute atomic E-state index is 0.215. The predicted octanol–water partition coefficient (Wildman–Crippen LogP) is 1.32. The van der Waals surface area contributed by atoms with E-state index in [1.54, 1.807) is 11.9 Å². The number of anilines is 1. The Morgan fingerprint density at radius 3 is 2.57 bits per heavy atom. The molecule has 0 unspecified atom stereocenters. The molecule has 1 amide bonds. The molecule has 0 aliphatic carbocycles. The average Bonchev–Trinajstić information content (AvgIpc) is 2.93. The maximum atomic E-state index is 12.9. The number of sulfonamides is 1. The molecule has 23 heavy (non-hydrogen) atoms. The van der Waals surface area contributed by atoms with Crippen molar-refractivity contribution in [2.75, 3.05) is 31.9 Å². The number of nitrogens with zero attached hydrogens (tertiary/aromatic N) is 2. The smallest absolute Gasteiger partial charge is 0.245 e. The van der Waals surface area contributed by atoms with Gasteiger partial charge in [-0.2, -0.15) is 4.31 Å². The van der Waals surface area contributed by atoms with Gasteiger partial charge in [-0.15, -0.1) is 0 Å². The first-order valence-corrected chi connectivity index (χ1v) is 9.35. The van der Waals surface area contributed by atoms with Crippen molar-refractivity contribution in [1.29, 1.82) is 0 Å². The number of benzene rings is 1. The maximum absolute atomic E-state index is 12.9. The molecular formula is C16H24N2O4S. The van der Waals surface area contributed by atoms with E-state index in [-0.39, 0.29) is 18.6 Å². The fourth-order valence-electron chi connectivity index (χ4n) is 2.97. The normalized spacial score (nSPS) is 22.3. The van der Waals surface area contributed by atoms with Crippen LogP contribution in [0.15, 0.2) is 18.2 Å². The van der Waals surface area contributed by atoms with Gasteiger partial charge in [-0.1, -0.05) is 12.1 Å². The highest BCUT2D eigenvalue weighted by molar-refractivity contribution is 7.88. The van der Waals surface area contributed by atoms with E-state index in [9.17, 15) is 13.2 Å². The number of ether oxygens (including phenoxy) is 1. The molecule has 0 bridgehead atoms. The number of hydrogen-bond donors (Lipinski definition) is 0. The van der Waals surface area contributed by atoms with Crippen LogP contribution >= 0.6 is 0 Å². The SMILES string of the molecule is CO[C@H]1C[C@H](C(=O)N(C)c2cccc(C)c2C)N(S(C)(=O)=O)C1. The summed E-state index contributed by atoms with van der Waals surface area (Å²) in [6, 6.07) is 5.02. The summed E-state index contributed by atoms with van der Waals surface area (Å²) in [6.45, 7) is 4.15. The van der Waals surface area contributed by atoms with Crippen LogP contribution in [-0.4, -0.2) is 57.7 Å². The summed E-state index contributed by atoms with van der Waals surface area (Å²) in [5.41, 5.74) is 2.89. The Balaban J connectivity index is 2.32. The molecule has 0 N–H and O–H groups in total. The lowest BCUT2D eigenvalue weighted by atomic mass is 10.1. The van der Waals surface area contributed by atoms with Crippen LogP contribution < -0.4 is 4.90 Å². The summed E-state index contributed by atoms with van der Waals surface area (Å²) in [5, 5.41) is 0. The first-order valence-electron chi connectivity index (χ1n) is 7.50. The second-order valence-corrected chi connectivity index (χ2v) is 7.99. The van der Waals surface area contributed by atoms with Gasteiger partial charge in [-0.05, 0) is 31.0 Å². The minimum atomic E-state index is -3.47. The van der Waals surface area contributed by atoms with Crippen LogP contribution in [0.25, 0.3) is 0 Å². The first kappa shape index (κ1) is 17.9. The third kappa shape index (κ3) is 3.57. The van der Waals surface area contributed by atoms with Crippen molar-refractivity contribution in [3.63, 3.8) is 0 Å². The lowest BCUT2D eigenvalue weighted by molar-refractivity contribution is -0.121. The Morgan fingerprint density at radius 1 is 1.35 bits per heavy atom. The molecule has 0 aromatic heterocycles. The molecule has 2 atom stereocenters. The van der Waals surface area contributed by atoms with E-state index in [1.165, 1.54) is 11.4 Å². The van der Waals surface area contributed by atoms with Crippen molar-refractivity contribution in [2.45, 2.75) is 32.4 Å². The van der Waals surface area contributed by atoms with Gasteiger partial charge in [0.15, 0.2) is 0 Å². The van der Waals surface area contributed by atoms with Gasteiger partial charge in [0.2, 0.25) is 15.9 Å². The van der Waals surface area contributed by atoms with E-state index < -0.39 is 16.1 Å². The molecule has 1 saturated heterocycles. The number of methoxy groups -OCH3 is 1. The lowest BCUT2D eigenvalue weighted by Crippen LogP contribution is -2.46. The molecule has 1 fully saturated rings. The summed E-state index contributed by atoms with van der Waals surface area (Å²) >= 11 is 0. The molecule has 0 radical (unpaired) electrons. The van der Waals surface area contributed by atoms with E-state index in [0.717, 1.165) is 23.1 Å². The number of rotatable bonds is 4. The van der Waals surface area contributed by atoms with E-state index in [0.29, 0.717) is 6.42 Å². The topological polar surface area (TPSA) is 66.9 Å².